The highest BCUT2D eigenvalue weighted by Gasteiger charge is 2.19. The number of fused-ring (bicyclic) bond motifs is 1. The molecule has 0 unspecified atom stereocenters. The largest absolute Gasteiger partial charge is 0.489 e. The van der Waals surface area contributed by atoms with Crippen molar-refractivity contribution in [1.29, 1.82) is 0 Å². The topological polar surface area (TPSA) is 47.3 Å². The van der Waals surface area contributed by atoms with Gasteiger partial charge in [-0.25, -0.2) is 0 Å². The number of hydrogen-bond donors (Lipinski definition) is 1. The number of rotatable bonds is 3. The minimum atomic E-state index is -0.374. The maximum Gasteiger partial charge on any atom is 0.133 e. The van der Waals surface area contributed by atoms with Crippen molar-refractivity contribution in [2.24, 2.45) is 7.05 Å². The lowest BCUT2D eigenvalue weighted by atomic mass is 9.89. The van der Waals surface area contributed by atoms with Gasteiger partial charge in [-0.3, -0.25) is 4.68 Å². The molecule has 1 aliphatic rings. The Kier molecular flexibility index (Phi) is 3.91. The quantitative estimate of drug-likeness (QED) is 0.946. The smallest absolute Gasteiger partial charge is 0.133 e. The van der Waals surface area contributed by atoms with Gasteiger partial charge in [0, 0.05) is 12.6 Å². The van der Waals surface area contributed by atoms with E-state index in [9.17, 15) is 5.11 Å². The van der Waals surface area contributed by atoms with Gasteiger partial charge in [-0.15, -0.1) is 0 Å². The Morgan fingerprint density at radius 3 is 3.00 bits per heavy atom. The summed E-state index contributed by atoms with van der Waals surface area (Å²) in [6.45, 7) is 2.30. The van der Waals surface area contributed by atoms with E-state index >= 15 is 0 Å². The highest BCUT2D eigenvalue weighted by Crippen LogP contribution is 2.32. The Labute approximate surface area is 129 Å². The highest BCUT2D eigenvalue weighted by molar-refractivity contribution is 6.30. The molecule has 1 aromatic heterocycles. The van der Waals surface area contributed by atoms with E-state index in [1.54, 1.807) is 4.68 Å². The lowest BCUT2D eigenvalue weighted by molar-refractivity contribution is 0.156. The number of nitrogens with zero attached hydrogens (tertiary/aromatic N) is 2. The number of aromatic nitrogens is 2. The monoisotopic (exact) mass is 306 g/mol. The minimum absolute atomic E-state index is 0.374. The molecule has 1 aliphatic carbocycles. The first-order chi connectivity index (χ1) is 10.1. The standard InChI is InChI=1S/C16H19ClN2O2/c1-10-14(16(17)19(2)18-10)9-21-12-7-6-11-4-3-5-15(20)13(11)8-12/h6-8,15,20H,3-5,9H2,1-2H3/t15-/m1/s1. The summed E-state index contributed by atoms with van der Waals surface area (Å²) in [6.07, 6.45) is 2.52. The molecule has 2 aromatic rings. The Morgan fingerprint density at radius 1 is 1.48 bits per heavy atom. The zero-order valence-corrected chi connectivity index (χ0v) is 13.0. The normalized spacial score (nSPS) is 17.6. The number of hydrogen-bond acceptors (Lipinski definition) is 3. The predicted molar refractivity (Wildman–Crippen MR) is 81.6 cm³/mol. The van der Waals surface area contributed by atoms with Crippen molar-refractivity contribution >= 4 is 11.6 Å². The van der Waals surface area contributed by atoms with E-state index in [-0.39, 0.29) is 6.10 Å². The summed E-state index contributed by atoms with van der Waals surface area (Å²) in [5.41, 5.74) is 3.99. The third kappa shape index (κ3) is 2.78. The molecule has 0 saturated heterocycles. The molecule has 1 atom stereocenters. The number of aliphatic hydroxyl groups is 1. The Morgan fingerprint density at radius 2 is 2.29 bits per heavy atom. The van der Waals surface area contributed by atoms with Gasteiger partial charge < -0.3 is 9.84 Å². The van der Waals surface area contributed by atoms with E-state index in [1.165, 1.54) is 5.56 Å². The summed E-state index contributed by atoms with van der Waals surface area (Å²) in [7, 11) is 1.81. The first kappa shape index (κ1) is 14.4. The molecular weight excluding hydrogens is 288 g/mol. The van der Waals surface area contributed by atoms with Crippen LogP contribution in [0.5, 0.6) is 5.75 Å². The molecule has 0 spiro atoms. The van der Waals surface area contributed by atoms with E-state index in [1.807, 2.05) is 32.2 Å². The van der Waals surface area contributed by atoms with Gasteiger partial charge in [0.1, 0.15) is 17.5 Å². The van der Waals surface area contributed by atoms with E-state index in [2.05, 4.69) is 5.10 Å². The summed E-state index contributed by atoms with van der Waals surface area (Å²) in [5.74, 6) is 0.758. The van der Waals surface area contributed by atoms with E-state index in [4.69, 9.17) is 16.3 Å². The molecule has 0 radical (unpaired) electrons. The maximum absolute atomic E-state index is 10.1. The van der Waals surface area contributed by atoms with E-state index < -0.39 is 0 Å². The van der Waals surface area contributed by atoms with Gasteiger partial charge in [0.05, 0.1) is 11.8 Å². The molecular formula is C16H19ClN2O2. The van der Waals surface area contributed by atoms with Crippen LogP contribution in [0.2, 0.25) is 5.15 Å². The van der Waals surface area contributed by atoms with Crippen LogP contribution in [0, 0.1) is 6.92 Å². The van der Waals surface area contributed by atoms with E-state index in [0.29, 0.717) is 11.8 Å². The van der Waals surface area contributed by atoms with Crippen molar-refractivity contribution in [2.45, 2.75) is 38.9 Å². The van der Waals surface area contributed by atoms with Gasteiger partial charge in [-0.05, 0) is 49.4 Å². The molecule has 21 heavy (non-hydrogen) atoms. The summed E-state index contributed by atoms with van der Waals surface area (Å²) in [6, 6.07) is 5.94. The number of benzene rings is 1. The van der Waals surface area contributed by atoms with Crippen LogP contribution in [0.25, 0.3) is 0 Å². The van der Waals surface area contributed by atoms with Crippen molar-refractivity contribution in [3.05, 3.63) is 45.7 Å². The first-order valence-electron chi connectivity index (χ1n) is 7.18. The molecule has 1 aromatic carbocycles. The number of aryl methyl sites for hydroxylation is 3. The minimum Gasteiger partial charge on any atom is -0.489 e. The fourth-order valence-electron chi connectivity index (χ4n) is 2.84. The summed E-state index contributed by atoms with van der Waals surface area (Å²) in [4.78, 5) is 0. The van der Waals surface area contributed by atoms with Gasteiger partial charge in [-0.1, -0.05) is 17.7 Å². The average Bonchev–Trinajstić information content (AvgIpc) is 2.71. The summed E-state index contributed by atoms with van der Waals surface area (Å²) < 4.78 is 7.48. The van der Waals surface area contributed by atoms with Crippen LogP contribution in [0.15, 0.2) is 18.2 Å². The molecule has 0 saturated carbocycles. The lowest BCUT2D eigenvalue weighted by Crippen LogP contribution is -2.09. The average molecular weight is 307 g/mol. The van der Waals surface area contributed by atoms with Crippen LogP contribution in [-0.2, 0) is 20.1 Å². The fraction of sp³-hybridized carbons (Fsp3) is 0.438. The maximum atomic E-state index is 10.1. The molecule has 3 rings (SSSR count). The lowest BCUT2D eigenvalue weighted by Gasteiger charge is -2.22. The molecule has 1 N–H and O–H groups in total. The Bertz CT molecular complexity index is 667. The second-order valence-corrected chi connectivity index (χ2v) is 5.89. The van der Waals surface area contributed by atoms with Gasteiger partial charge in [0.15, 0.2) is 0 Å². The summed E-state index contributed by atoms with van der Waals surface area (Å²) in [5, 5.41) is 14.9. The van der Waals surface area contributed by atoms with Gasteiger partial charge in [-0.2, -0.15) is 5.10 Å². The molecule has 5 heteroatoms. The number of halogens is 1. The van der Waals surface area contributed by atoms with Crippen LogP contribution in [-0.4, -0.2) is 14.9 Å². The van der Waals surface area contributed by atoms with E-state index in [0.717, 1.165) is 41.8 Å². The van der Waals surface area contributed by atoms with Crippen molar-refractivity contribution in [2.75, 3.05) is 0 Å². The van der Waals surface area contributed by atoms with Crippen LogP contribution in [0.3, 0.4) is 0 Å². The Hall–Kier alpha value is -1.52. The molecule has 0 aliphatic heterocycles. The highest BCUT2D eigenvalue weighted by atomic mass is 35.5. The van der Waals surface area contributed by atoms with Crippen molar-refractivity contribution in [1.82, 2.24) is 9.78 Å². The molecule has 4 nitrogen and oxygen atoms in total. The van der Waals surface area contributed by atoms with Gasteiger partial charge in [0.25, 0.3) is 0 Å². The molecule has 0 bridgehead atoms. The van der Waals surface area contributed by atoms with Crippen molar-refractivity contribution < 1.29 is 9.84 Å². The number of aliphatic hydroxyl groups excluding tert-OH is 1. The van der Waals surface area contributed by atoms with Crippen LogP contribution in [0.1, 0.15) is 41.3 Å². The van der Waals surface area contributed by atoms with Gasteiger partial charge in [0.2, 0.25) is 0 Å². The van der Waals surface area contributed by atoms with Crippen molar-refractivity contribution in [3.63, 3.8) is 0 Å². The first-order valence-corrected chi connectivity index (χ1v) is 7.55. The SMILES string of the molecule is Cc1nn(C)c(Cl)c1COc1ccc2c(c1)[C@H](O)CCC2. The zero-order chi connectivity index (χ0) is 15.0. The predicted octanol–water partition coefficient (Wildman–Crippen LogP) is 3.33. The second kappa shape index (κ2) is 5.70. The zero-order valence-electron chi connectivity index (χ0n) is 12.3. The Balaban J connectivity index is 1.78. The summed E-state index contributed by atoms with van der Waals surface area (Å²) >= 11 is 6.20. The molecule has 0 fully saturated rings. The van der Waals surface area contributed by atoms with Crippen LogP contribution < -0.4 is 4.74 Å². The van der Waals surface area contributed by atoms with Gasteiger partial charge >= 0.3 is 0 Å². The molecule has 112 valence electrons. The van der Waals surface area contributed by atoms with Crippen LogP contribution in [0.4, 0.5) is 0 Å². The second-order valence-electron chi connectivity index (χ2n) is 5.54. The third-order valence-corrected chi connectivity index (χ3v) is 4.53. The molecule has 1 heterocycles. The number of ether oxygens (including phenoxy) is 1. The molecule has 0 amide bonds. The van der Waals surface area contributed by atoms with Crippen molar-refractivity contribution in [3.8, 4) is 5.75 Å². The van der Waals surface area contributed by atoms with Crippen LogP contribution >= 0.6 is 11.6 Å². The third-order valence-electron chi connectivity index (χ3n) is 4.05. The fourth-order valence-corrected chi connectivity index (χ4v) is 3.06.